The Balaban J connectivity index is 2.17. The number of thiazole rings is 1. The van der Waals surface area contributed by atoms with Crippen molar-refractivity contribution in [3.8, 4) is 5.75 Å². The van der Waals surface area contributed by atoms with Gasteiger partial charge in [0.15, 0.2) is 0 Å². The zero-order valence-corrected chi connectivity index (χ0v) is 14.2. The van der Waals surface area contributed by atoms with E-state index in [1.54, 1.807) is 18.4 Å². The van der Waals surface area contributed by atoms with E-state index >= 15 is 0 Å². The van der Waals surface area contributed by atoms with Crippen molar-refractivity contribution >= 4 is 22.9 Å². The van der Waals surface area contributed by atoms with Crippen LogP contribution < -0.4 is 10.5 Å². The molecule has 2 aromatic rings. The maximum Gasteiger partial charge on any atom is 0.137 e. The number of nitrogens with zero attached hydrogens (tertiary/aromatic N) is 1. The molecule has 0 bridgehead atoms. The van der Waals surface area contributed by atoms with Crippen molar-refractivity contribution in [1.29, 1.82) is 0 Å². The van der Waals surface area contributed by atoms with Gasteiger partial charge in [0.25, 0.3) is 0 Å². The number of rotatable bonds is 6. The number of benzene rings is 1. The van der Waals surface area contributed by atoms with Crippen LogP contribution in [0.2, 0.25) is 5.02 Å². The van der Waals surface area contributed by atoms with Crippen LogP contribution in [-0.4, -0.2) is 18.6 Å². The summed E-state index contributed by atoms with van der Waals surface area (Å²) in [6.07, 6.45) is 1.72. The molecule has 2 rings (SSSR count). The second kappa shape index (κ2) is 6.77. The van der Waals surface area contributed by atoms with E-state index in [4.69, 9.17) is 27.1 Å². The van der Waals surface area contributed by atoms with Gasteiger partial charge in [-0.05, 0) is 30.7 Å². The average molecular weight is 325 g/mol. The van der Waals surface area contributed by atoms with E-state index in [9.17, 15) is 0 Å². The van der Waals surface area contributed by atoms with Crippen molar-refractivity contribution in [3.63, 3.8) is 0 Å². The molecule has 0 fully saturated rings. The minimum absolute atomic E-state index is 0.0323. The van der Waals surface area contributed by atoms with Crippen molar-refractivity contribution in [2.75, 3.05) is 13.7 Å². The summed E-state index contributed by atoms with van der Waals surface area (Å²) >= 11 is 7.90. The van der Waals surface area contributed by atoms with Crippen molar-refractivity contribution in [1.82, 2.24) is 4.98 Å². The Morgan fingerprint density at radius 1 is 1.38 bits per heavy atom. The second-order valence-electron chi connectivity index (χ2n) is 5.71. The van der Waals surface area contributed by atoms with E-state index < -0.39 is 0 Å². The van der Waals surface area contributed by atoms with Gasteiger partial charge >= 0.3 is 0 Å². The smallest absolute Gasteiger partial charge is 0.137 e. The molecular formula is C16H21ClN2OS. The summed E-state index contributed by atoms with van der Waals surface area (Å²) < 4.78 is 5.19. The van der Waals surface area contributed by atoms with Crippen LogP contribution in [0.5, 0.6) is 5.75 Å². The number of halogens is 1. The van der Waals surface area contributed by atoms with Gasteiger partial charge in [0.05, 0.1) is 22.8 Å². The molecule has 0 aliphatic carbocycles. The lowest BCUT2D eigenvalue weighted by Crippen LogP contribution is -2.20. The molecule has 0 atom stereocenters. The van der Waals surface area contributed by atoms with Crippen molar-refractivity contribution in [2.24, 2.45) is 5.73 Å². The Morgan fingerprint density at radius 3 is 2.76 bits per heavy atom. The van der Waals surface area contributed by atoms with Gasteiger partial charge in [0.1, 0.15) is 5.75 Å². The van der Waals surface area contributed by atoms with E-state index in [-0.39, 0.29) is 5.41 Å². The third-order valence-corrected chi connectivity index (χ3v) is 4.95. The number of ether oxygens (including phenoxy) is 1. The van der Waals surface area contributed by atoms with Crippen LogP contribution in [0.25, 0.3) is 0 Å². The molecule has 5 heteroatoms. The Kier molecular flexibility index (Phi) is 5.25. The molecule has 0 radical (unpaired) electrons. The largest absolute Gasteiger partial charge is 0.495 e. The summed E-state index contributed by atoms with van der Waals surface area (Å²) in [5.41, 5.74) is 7.82. The first-order valence-electron chi connectivity index (χ1n) is 6.93. The van der Waals surface area contributed by atoms with Gasteiger partial charge < -0.3 is 10.5 Å². The summed E-state index contributed by atoms with van der Waals surface area (Å²) in [6, 6.07) is 5.94. The molecule has 3 nitrogen and oxygen atoms in total. The highest BCUT2D eigenvalue weighted by atomic mass is 35.5. The first-order chi connectivity index (χ1) is 9.96. The Hall–Kier alpha value is -1.10. The summed E-state index contributed by atoms with van der Waals surface area (Å²) in [4.78, 5) is 4.70. The minimum atomic E-state index is -0.0323. The number of methoxy groups -OCH3 is 1. The van der Waals surface area contributed by atoms with E-state index in [0.717, 1.165) is 23.5 Å². The highest BCUT2D eigenvalue weighted by molar-refractivity contribution is 7.09. The Bertz CT molecular complexity index is 610. The van der Waals surface area contributed by atoms with Gasteiger partial charge in [-0.2, -0.15) is 0 Å². The maximum absolute atomic E-state index is 6.20. The zero-order chi connectivity index (χ0) is 15.5. The SMILES string of the molecule is COc1ccc(CC(C)(C)c2nc(CCN)cs2)cc1Cl. The monoisotopic (exact) mass is 324 g/mol. The molecule has 0 aliphatic heterocycles. The normalized spacial score (nSPS) is 11.7. The minimum Gasteiger partial charge on any atom is -0.495 e. The summed E-state index contributed by atoms with van der Waals surface area (Å²) in [5.74, 6) is 0.706. The predicted molar refractivity (Wildman–Crippen MR) is 89.6 cm³/mol. The number of hydrogen-bond acceptors (Lipinski definition) is 4. The average Bonchev–Trinajstić information content (AvgIpc) is 2.88. The van der Waals surface area contributed by atoms with Crippen molar-refractivity contribution in [3.05, 3.63) is 44.9 Å². The molecule has 114 valence electrons. The zero-order valence-electron chi connectivity index (χ0n) is 12.6. The molecule has 0 saturated carbocycles. The van der Waals surface area contributed by atoms with E-state index in [0.29, 0.717) is 17.3 Å². The lowest BCUT2D eigenvalue weighted by Gasteiger charge is -2.22. The third-order valence-electron chi connectivity index (χ3n) is 3.39. The molecule has 0 spiro atoms. The Morgan fingerprint density at radius 2 is 2.14 bits per heavy atom. The van der Waals surface area contributed by atoms with Crippen molar-refractivity contribution in [2.45, 2.75) is 32.1 Å². The number of nitrogens with two attached hydrogens (primary N) is 1. The molecule has 2 N–H and O–H groups in total. The van der Waals surface area contributed by atoms with Gasteiger partial charge in [-0.25, -0.2) is 4.98 Å². The summed E-state index contributed by atoms with van der Waals surface area (Å²) in [5, 5.41) is 3.89. The fourth-order valence-electron chi connectivity index (χ4n) is 2.29. The summed E-state index contributed by atoms with van der Waals surface area (Å²) in [7, 11) is 1.62. The number of aromatic nitrogens is 1. The standard InChI is InChI=1S/C16H21ClN2OS/c1-16(2,15-19-12(6-7-18)10-21-15)9-11-4-5-14(20-3)13(17)8-11/h4-5,8,10H,6-7,9,18H2,1-3H3. The predicted octanol–water partition coefficient (Wildman–Crippen LogP) is 3.83. The molecule has 21 heavy (non-hydrogen) atoms. The number of hydrogen-bond donors (Lipinski definition) is 1. The first-order valence-corrected chi connectivity index (χ1v) is 8.19. The molecular weight excluding hydrogens is 304 g/mol. The molecule has 0 unspecified atom stereocenters. The van der Waals surface area contributed by atoms with E-state index in [1.165, 1.54) is 5.56 Å². The van der Waals surface area contributed by atoms with Crippen LogP contribution in [0.1, 0.15) is 30.1 Å². The third kappa shape index (κ3) is 3.96. The van der Waals surface area contributed by atoms with E-state index in [1.807, 2.05) is 12.1 Å². The highest BCUT2D eigenvalue weighted by Gasteiger charge is 2.25. The van der Waals surface area contributed by atoms with Crippen molar-refractivity contribution < 1.29 is 4.74 Å². The van der Waals surface area contributed by atoms with Crippen LogP contribution >= 0.6 is 22.9 Å². The first kappa shape index (κ1) is 16.3. The van der Waals surface area contributed by atoms with Crippen LogP contribution in [-0.2, 0) is 18.3 Å². The van der Waals surface area contributed by atoms with Crippen LogP contribution in [0.15, 0.2) is 23.6 Å². The summed E-state index contributed by atoms with van der Waals surface area (Å²) in [6.45, 7) is 5.05. The second-order valence-corrected chi connectivity index (χ2v) is 6.98. The van der Waals surface area contributed by atoms with Crippen LogP contribution in [0.4, 0.5) is 0 Å². The fraction of sp³-hybridized carbons (Fsp3) is 0.438. The molecule has 0 saturated heterocycles. The van der Waals surface area contributed by atoms with Gasteiger partial charge in [-0.3, -0.25) is 0 Å². The molecule has 1 heterocycles. The van der Waals surface area contributed by atoms with Crippen LogP contribution in [0.3, 0.4) is 0 Å². The van der Waals surface area contributed by atoms with Gasteiger partial charge in [0.2, 0.25) is 0 Å². The maximum atomic E-state index is 6.20. The molecule has 0 aliphatic rings. The topological polar surface area (TPSA) is 48.1 Å². The molecule has 1 aromatic carbocycles. The van der Waals surface area contributed by atoms with Crippen LogP contribution in [0, 0.1) is 0 Å². The van der Waals surface area contributed by atoms with Gasteiger partial charge in [-0.15, -0.1) is 11.3 Å². The van der Waals surface area contributed by atoms with E-state index in [2.05, 4.69) is 25.3 Å². The van der Waals surface area contributed by atoms with Gasteiger partial charge in [-0.1, -0.05) is 31.5 Å². The lowest BCUT2D eigenvalue weighted by atomic mass is 9.86. The molecule has 1 aromatic heterocycles. The highest BCUT2D eigenvalue weighted by Crippen LogP contribution is 2.33. The Labute approximate surface area is 135 Å². The lowest BCUT2D eigenvalue weighted by molar-refractivity contribution is 0.414. The fourth-order valence-corrected chi connectivity index (χ4v) is 3.55. The van der Waals surface area contributed by atoms with Gasteiger partial charge in [0, 0.05) is 17.2 Å². The molecule has 0 amide bonds. The quantitative estimate of drug-likeness (QED) is 0.878.